The van der Waals surface area contributed by atoms with Gasteiger partial charge in [-0.3, -0.25) is 9.59 Å². The Hall–Kier alpha value is -2.04. The quantitative estimate of drug-likeness (QED) is 0.649. The number of unbranched alkanes of at least 4 members (excludes halogenated alkanes) is 1. The summed E-state index contributed by atoms with van der Waals surface area (Å²) in [6.45, 7) is 3.65. The van der Waals surface area contributed by atoms with Crippen LogP contribution in [-0.4, -0.2) is 48.9 Å². The van der Waals surface area contributed by atoms with E-state index in [0.29, 0.717) is 25.3 Å². The molecule has 0 bridgehead atoms. The normalized spacial score (nSPS) is 22.7. The van der Waals surface area contributed by atoms with Crippen LogP contribution in [0.3, 0.4) is 0 Å². The van der Waals surface area contributed by atoms with E-state index in [1.165, 1.54) is 25.7 Å². The minimum absolute atomic E-state index is 0.150. The molecule has 1 aliphatic carbocycles. The van der Waals surface area contributed by atoms with E-state index in [9.17, 15) is 9.59 Å². The van der Waals surface area contributed by atoms with Gasteiger partial charge in [0, 0.05) is 32.1 Å². The third kappa shape index (κ3) is 4.93. The van der Waals surface area contributed by atoms with Crippen LogP contribution < -0.4 is 4.74 Å². The van der Waals surface area contributed by atoms with E-state index in [1.54, 1.807) is 7.11 Å². The van der Waals surface area contributed by atoms with Crippen molar-refractivity contribution < 1.29 is 14.3 Å². The molecule has 1 saturated heterocycles. The fraction of sp³-hybridized carbons (Fsp3) is 0.667. The maximum Gasteiger partial charge on any atom is 0.227 e. The molecule has 1 aromatic carbocycles. The molecule has 2 fully saturated rings. The summed E-state index contributed by atoms with van der Waals surface area (Å²) in [6, 6.07) is 7.59. The number of amides is 2. The van der Waals surface area contributed by atoms with Gasteiger partial charge in [-0.1, -0.05) is 44.4 Å². The van der Waals surface area contributed by atoms with Crippen LogP contribution in [0.5, 0.6) is 5.75 Å². The van der Waals surface area contributed by atoms with Gasteiger partial charge in [0.15, 0.2) is 0 Å². The number of nitrogens with zero attached hydrogens (tertiary/aromatic N) is 2. The number of carbonyl (C=O) groups is 2. The molecular formula is C24H36N2O3. The number of para-hydroxylation sites is 1. The number of rotatable bonds is 8. The molecule has 5 nitrogen and oxygen atoms in total. The molecule has 160 valence electrons. The third-order valence-electron chi connectivity index (χ3n) is 6.62. The lowest BCUT2D eigenvalue weighted by molar-refractivity contribution is -0.147. The molecule has 1 aliphatic heterocycles. The molecule has 29 heavy (non-hydrogen) atoms. The highest BCUT2D eigenvalue weighted by Gasteiger charge is 2.42. The Bertz CT molecular complexity index is 699. The van der Waals surface area contributed by atoms with E-state index in [-0.39, 0.29) is 23.8 Å². The second kappa shape index (κ2) is 10.1. The van der Waals surface area contributed by atoms with Crippen LogP contribution >= 0.6 is 0 Å². The van der Waals surface area contributed by atoms with Crippen LogP contribution in [0.25, 0.3) is 0 Å². The van der Waals surface area contributed by atoms with Crippen molar-refractivity contribution in [1.29, 1.82) is 0 Å². The number of methoxy groups -OCH3 is 1. The van der Waals surface area contributed by atoms with Gasteiger partial charge in [-0.2, -0.15) is 0 Å². The van der Waals surface area contributed by atoms with Crippen LogP contribution in [-0.2, 0) is 9.59 Å². The second-order valence-electron chi connectivity index (χ2n) is 8.64. The largest absolute Gasteiger partial charge is 0.496 e. The summed E-state index contributed by atoms with van der Waals surface area (Å²) in [6.07, 6.45) is 8.01. The van der Waals surface area contributed by atoms with E-state index in [0.717, 1.165) is 30.7 Å². The Labute approximate surface area is 175 Å². The van der Waals surface area contributed by atoms with Gasteiger partial charge in [-0.05, 0) is 37.7 Å². The molecule has 0 N–H and O–H groups in total. The number of hydrogen-bond donors (Lipinski definition) is 0. The molecule has 0 aromatic heterocycles. The smallest absolute Gasteiger partial charge is 0.227 e. The van der Waals surface area contributed by atoms with Crippen molar-refractivity contribution >= 4 is 11.8 Å². The fourth-order valence-corrected chi connectivity index (χ4v) is 5.05. The van der Waals surface area contributed by atoms with Gasteiger partial charge in [0.25, 0.3) is 0 Å². The zero-order valence-corrected chi connectivity index (χ0v) is 18.2. The van der Waals surface area contributed by atoms with E-state index < -0.39 is 0 Å². The predicted octanol–water partition coefficient (Wildman–Crippen LogP) is 4.42. The first-order chi connectivity index (χ1) is 14.1. The van der Waals surface area contributed by atoms with Crippen LogP contribution in [0.15, 0.2) is 24.3 Å². The third-order valence-corrected chi connectivity index (χ3v) is 6.62. The summed E-state index contributed by atoms with van der Waals surface area (Å²) in [5.41, 5.74) is 0.951. The van der Waals surface area contributed by atoms with Gasteiger partial charge in [-0.15, -0.1) is 0 Å². The first-order valence-electron chi connectivity index (χ1n) is 11.2. The fourth-order valence-electron chi connectivity index (χ4n) is 5.05. The first-order valence-corrected chi connectivity index (χ1v) is 11.2. The molecule has 2 atom stereocenters. The monoisotopic (exact) mass is 400 g/mol. The molecule has 1 saturated carbocycles. The van der Waals surface area contributed by atoms with Gasteiger partial charge < -0.3 is 14.5 Å². The molecule has 0 radical (unpaired) electrons. The molecule has 2 unspecified atom stereocenters. The highest BCUT2D eigenvalue weighted by molar-refractivity contribution is 5.85. The first kappa shape index (κ1) is 21.7. The lowest BCUT2D eigenvalue weighted by Gasteiger charge is -2.42. The van der Waals surface area contributed by atoms with Crippen molar-refractivity contribution in [3.05, 3.63) is 29.8 Å². The average molecular weight is 401 g/mol. The topological polar surface area (TPSA) is 49.9 Å². The van der Waals surface area contributed by atoms with E-state index in [4.69, 9.17) is 4.74 Å². The zero-order chi connectivity index (χ0) is 20.8. The molecule has 1 aromatic rings. The lowest BCUT2D eigenvalue weighted by atomic mass is 9.82. The second-order valence-corrected chi connectivity index (χ2v) is 8.64. The number of carbonyl (C=O) groups excluding carboxylic acids is 2. The number of piperidine rings is 1. The number of hydrogen-bond acceptors (Lipinski definition) is 3. The molecule has 3 rings (SSSR count). The highest BCUT2D eigenvalue weighted by atomic mass is 16.5. The number of benzene rings is 1. The summed E-state index contributed by atoms with van der Waals surface area (Å²) >= 11 is 0. The maximum atomic E-state index is 13.5. The van der Waals surface area contributed by atoms with Crippen molar-refractivity contribution in [2.24, 2.45) is 11.8 Å². The summed E-state index contributed by atoms with van der Waals surface area (Å²) in [7, 11) is 3.59. The Morgan fingerprint density at radius 3 is 2.62 bits per heavy atom. The number of likely N-dealkylation sites (tertiary alicyclic amines) is 1. The number of ether oxygens (including phenoxy) is 1. The Balaban J connectivity index is 1.89. The van der Waals surface area contributed by atoms with Crippen LogP contribution in [0.2, 0.25) is 0 Å². The SMILES string of the molecule is CCCCN1C(=O)CCC(C(=O)N(C)CC2CCCC2)C1c1ccccc1OC. The summed E-state index contributed by atoms with van der Waals surface area (Å²) in [4.78, 5) is 30.3. The molecule has 2 amide bonds. The summed E-state index contributed by atoms with van der Waals surface area (Å²) in [5, 5.41) is 0. The predicted molar refractivity (Wildman–Crippen MR) is 115 cm³/mol. The van der Waals surface area contributed by atoms with Crippen molar-refractivity contribution in [3.8, 4) is 5.75 Å². The van der Waals surface area contributed by atoms with Crippen LogP contribution in [0, 0.1) is 11.8 Å². The van der Waals surface area contributed by atoms with Crippen molar-refractivity contribution in [2.45, 2.75) is 64.3 Å². The average Bonchev–Trinajstić information content (AvgIpc) is 3.25. The summed E-state index contributed by atoms with van der Waals surface area (Å²) < 4.78 is 5.62. The van der Waals surface area contributed by atoms with Gasteiger partial charge >= 0.3 is 0 Å². The van der Waals surface area contributed by atoms with E-state index >= 15 is 0 Å². The zero-order valence-electron chi connectivity index (χ0n) is 18.2. The van der Waals surface area contributed by atoms with Gasteiger partial charge in [0.1, 0.15) is 5.75 Å². The molecule has 1 heterocycles. The minimum atomic E-state index is -0.252. The van der Waals surface area contributed by atoms with Crippen LogP contribution in [0.4, 0.5) is 0 Å². The maximum absolute atomic E-state index is 13.5. The molecule has 5 heteroatoms. The van der Waals surface area contributed by atoms with E-state index in [1.807, 2.05) is 41.1 Å². The molecule has 0 spiro atoms. The summed E-state index contributed by atoms with van der Waals surface area (Å²) in [5.74, 6) is 1.48. The molecule has 2 aliphatic rings. The highest BCUT2D eigenvalue weighted by Crippen LogP contribution is 2.41. The van der Waals surface area contributed by atoms with Gasteiger partial charge in [-0.25, -0.2) is 0 Å². The Kier molecular flexibility index (Phi) is 7.57. The lowest BCUT2D eigenvalue weighted by Crippen LogP contribution is -2.49. The Morgan fingerprint density at radius 1 is 1.21 bits per heavy atom. The van der Waals surface area contributed by atoms with E-state index in [2.05, 4.69) is 6.92 Å². The van der Waals surface area contributed by atoms with Crippen molar-refractivity contribution in [1.82, 2.24) is 9.80 Å². The minimum Gasteiger partial charge on any atom is -0.496 e. The molecular weight excluding hydrogens is 364 g/mol. The van der Waals surface area contributed by atoms with Gasteiger partial charge in [0.05, 0.1) is 19.1 Å². The van der Waals surface area contributed by atoms with Crippen LogP contribution in [0.1, 0.15) is 69.9 Å². The van der Waals surface area contributed by atoms with Crippen molar-refractivity contribution in [3.63, 3.8) is 0 Å². The Morgan fingerprint density at radius 2 is 1.93 bits per heavy atom. The standard InChI is InChI=1S/C24H36N2O3/c1-4-5-16-26-22(27)15-14-20(23(26)19-12-8-9-13-21(19)29-3)24(28)25(2)17-18-10-6-7-11-18/h8-9,12-13,18,20,23H,4-7,10-11,14-17H2,1-3H3. The van der Waals surface area contributed by atoms with Crippen molar-refractivity contribution in [2.75, 3.05) is 27.2 Å². The van der Waals surface area contributed by atoms with Gasteiger partial charge in [0.2, 0.25) is 11.8 Å².